The van der Waals surface area contributed by atoms with Gasteiger partial charge in [-0.15, -0.1) is 11.8 Å². The Labute approximate surface area is 118 Å². The lowest BCUT2D eigenvalue weighted by atomic mass is 10.2. The molecule has 0 radical (unpaired) electrons. The van der Waals surface area contributed by atoms with Gasteiger partial charge in [0.15, 0.2) is 0 Å². The maximum absolute atomic E-state index is 12.0. The van der Waals surface area contributed by atoms with E-state index in [1.54, 1.807) is 11.8 Å². The van der Waals surface area contributed by atoms with Crippen molar-refractivity contribution >= 4 is 29.4 Å². The molecule has 0 bridgehead atoms. The molecule has 0 aliphatic carbocycles. The second kappa shape index (κ2) is 7.10. The largest absolute Gasteiger partial charge is 0.351 e. The van der Waals surface area contributed by atoms with E-state index in [1.165, 1.54) is 0 Å². The lowest BCUT2D eigenvalue weighted by Gasteiger charge is -2.17. The van der Waals surface area contributed by atoms with Crippen LogP contribution in [-0.2, 0) is 0 Å². The van der Waals surface area contributed by atoms with Gasteiger partial charge in [-0.25, -0.2) is 0 Å². The first-order chi connectivity index (χ1) is 8.44. The van der Waals surface area contributed by atoms with E-state index >= 15 is 0 Å². The van der Waals surface area contributed by atoms with Crippen LogP contribution in [0.15, 0.2) is 29.2 Å². The molecule has 0 aromatic heterocycles. The van der Waals surface area contributed by atoms with Crippen molar-refractivity contribution in [2.24, 2.45) is 0 Å². The van der Waals surface area contributed by atoms with Crippen LogP contribution in [0.5, 0.6) is 0 Å². The Balaban J connectivity index is 2.46. The summed E-state index contributed by atoms with van der Waals surface area (Å²) in [5, 5.41) is 2.97. The molecule has 0 unspecified atom stereocenters. The first-order valence-corrected chi connectivity index (χ1v) is 8.20. The second-order valence-electron chi connectivity index (χ2n) is 4.92. The number of thioether (sulfide) groups is 2. The highest BCUT2D eigenvalue weighted by Gasteiger charge is 2.12. The minimum atomic E-state index is 0.0226. The maximum atomic E-state index is 12.0. The number of carbonyl (C=O) groups is 1. The van der Waals surface area contributed by atoms with Crippen LogP contribution >= 0.6 is 23.5 Å². The van der Waals surface area contributed by atoms with Crippen LogP contribution in [0.4, 0.5) is 0 Å². The van der Waals surface area contributed by atoms with Crippen molar-refractivity contribution in [3.63, 3.8) is 0 Å². The molecule has 0 aliphatic heterocycles. The number of hydrogen-bond donors (Lipinski definition) is 1. The summed E-state index contributed by atoms with van der Waals surface area (Å²) < 4.78 is 0.252. The molecule has 0 spiro atoms. The molecule has 0 aliphatic rings. The van der Waals surface area contributed by atoms with Gasteiger partial charge < -0.3 is 5.32 Å². The lowest BCUT2D eigenvalue weighted by molar-refractivity contribution is 0.0953. The van der Waals surface area contributed by atoms with Gasteiger partial charge in [0.2, 0.25) is 0 Å². The number of nitrogens with one attached hydrogen (secondary N) is 1. The molecule has 1 N–H and O–H groups in total. The Morgan fingerprint density at radius 3 is 2.56 bits per heavy atom. The zero-order valence-corrected chi connectivity index (χ0v) is 13.1. The Morgan fingerprint density at radius 1 is 1.28 bits per heavy atom. The normalized spacial score (nSPS) is 11.3. The monoisotopic (exact) mass is 283 g/mol. The van der Waals surface area contributed by atoms with Crippen LogP contribution in [0.1, 0.15) is 31.1 Å². The number of amides is 1. The third-order valence-corrected chi connectivity index (χ3v) is 4.34. The van der Waals surface area contributed by atoms with Crippen molar-refractivity contribution in [2.45, 2.75) is 30.4 Å². The second-order valence-corrected chi connectivity index (χ2v) is 7.69. The van der Waals surface area contributed by atoms with Crippen molar-refractivity contribution in [1.82, 2.24) is 5.32 Å². The van der Waals surface area contributed by atoms with Crippen LogP contribution in [-0.4, -0.2) is 29.2 Å². The predicted octanol–water partition coefficient (Wildman–Crippen LogP) is 3.67. The number of rotatable bonds is 5. The predicted molar refractivity (Wildman–Crippen MR) is 82.8 cm³/mol. The lowest BCUT2D eigenvalue weighted by Crippen LogP contribution is -2.27. The third-order valence-electron chi connectivity index (χ3n) is 2.27. The third kappa shape index (κ3) is 5.36. The highest BCUT2D eigenvalue weighted by molar-refractivity contribution is 8.00. The quantitative estimate of drug-likeness (QED) is 0.660. The average Bonchev–Trinajstić information content (AvgIpc) is 2.33. The molecule has 4 heteroatoms. The molecular formula is C14H21NOS2. The van der Waals surface area contributed by atoms with Gasteiger partial charge in [-0.05, 0) is 18.4 Å². The van der Waals surface area contributed by atoms with Crippen molar-refractivity contribution in [3.05, 3.63) is 29.8 Å². The molecule has 1 amide bonds. The zero-order chi connectivity index (χ0) is 13.6. The van der Waals surface area contributed by atoms with E-state index in [9.17, 15) is 4.79 Å². The van der Waals surface area contributed by atoms with Crippen molar-refractivity contribution < 1.29 is 4.79 Å². The van der Waals surface area contributed by atoms with Crippen LogP contribution in [0.25, 0.3) is 0 Å². The number of carbonyl (C=O) groups excluding carboxylic acids is 1. The standard InChI is InChI=1S/C14H21NOS2/c1-14(2,3)18-10-9-15-13(16)11-7-5-6-8-12(11)17-4/h5-8H,9-10H2,1-4H3,(H,15,16). The number of hydrogen-bond acceptors (Lipinski definition) is 3. The summed E-state index contributed by atoms with van der Waals surface area (Å²) in [6.07, 6.45) is 1.99. The van der Waals surface area contributed by atoms with E-state index in [-0.39, 0.29) is 10.7 Å². The van der Waals surface area contributed by atoms with E-state index in [0.717, 1.165) is 16.2 Å². The summed E-state index contributed by atoms with van der Waals surface area (Å²) in [6, 6.07) is 7.71. The topological polar surface area (TPSA) is 29.1 Å². The Bertz CT molecular complexity index is 399. The molecule has 0 atom stereocenters. The Hall–Kier alpha value is -0.610. The minimum absolute atomic E-state index is 0.0226. The van der Waals surface area contributed by atoms with Gasteiger partial charge in [0, 0.05) is 21.9 Å². The molecule has 0 heterocycles. The summed E-state index contributed by atoms with van der Waals surface area (Å²) in [5.41, 5.74) is 0.769. The highest BCUT2D eigenvalue weighted by Crippen LogP contribution is 2.22. The minimum Gasteiger partial charge on any atom is -0.351 e. The average molecular weight is 283 g/mol. The Kier molecular flexibility index (Phi) is 6.09. The fraction of sp³-hybridized carbons (Fsp3) is 0.500. The summed E-state index contributed by atoms with van der Waals surface area (Å²) in [5.74, 6) is 0.964. The first-order valence-electron chi connectivity index (χ1n) is 5.99. The highest BCUT2D eigenvalue weighted by atomic mass is 32.2. The fourth-order valence-electron chi connectivity index (χ4n) is 1.45. The van der Waals surface area contributed by atoms with Gasteiger partial charge in [0.05, 0.1) is 5.56 Å². The van der Waals surface area contributed by atoms with Crippen molar-refractivity contribution in [2.75, 3.05) is 18.6 Å². The summed E-state index contributed by atoms with van der Waals surface area (Å²) in [7, 11) is 0. The molecule has 2 nitrogen and oxygen atoms in total. The molecule has 0 saturated carbocycles. The maximum Gasteiger partial charge on any atom is 0.252 e. The van der Waals surface area contributed by atoms with Crippen LogP contribution < -0.4 is 5.32 Å². The van der Waals surface area contributed by atoms with Crippen LogP contribution in [0, 0.1) is 0 Å². The van der Waals surface area contributed by atoms with Gasteiger partial charge in [0.25, 0.3) is 5.91 Å². The van der Waals surface area contributed by atoms with Crippen molar-refractivity contribution in [3.8, 4) is 0 Å². The van der Waals surface area contributed by atoms with Gasteiger partial charge in [-0.2, -0.15) is 11.8 Å². The smallest absolute Gasteiger partial charge is 0.252 e. The SMILES string of the molecule is CSc1ccccc1C(=O)NCCSC(C)(C)C. The molecular weight excluding hydrogens is 262 g/mol. The molecule has 1 rings (SSSR count). The molecule has 0 fully saturated rings. The van der Waals surface area contributed by atoms with Gasteiger partial charge >= 0.3 is 0 Å². The van der Waals surface area contributed by atoms with E-state index in [0.29, 0.717) is 6.54 Å². The van der Waals surface area contributed by atoms with Gasteiger partial charge in [0.1, 0.15) is 0 Å². The van der Waals surface area contributed by atoms with E-state index in [1.807, 2.05) is 42.3 Å². The summed E-state index contributed by atoms with van der Waals surface area (Å²) >= 11 is 3.46. The summed E-state index contributed by atoms with van der Waals surface area (Å²) in [6.45, 7) is 7.26. The fourth-order valence-corrected chi connectivity index (χ4v) is 2.86. The molecule has 18 heavy (non-hydrogen) atoms. The molecule has 100 valence electrons. The number of benzene rings is 1. The van der Waals surface area contributed by atoms with Crippen molar-refractivity contribution in [1.29, 1.82) is 0 Å². The van der Waals surface area contributed by atoms with Gasteiger partial charge in [-0.1, -0.05) is 32.9 Å². The molecule has 1 aromatic rings. The van der Waals surface area contributed by atoms with E-state index < -0.39 is 0 Å². The van der Waals surface area contributed by atoms with E-state index in [4.69, 9.17) is 0 Å². The van der Waals surface area contributed by atoms with Crippen LogP contribution in [0.3, 0.4) is 0 Å². The zero-order valence-electron chi connectivity index (χ0n) is 11.4. The molecule has 0 saturated heterocycles. The van der Waals surface area contributed by atoms with Gasteiger partial charge in [-0.3, -0.25) is 4.79 Å². The van der Waals surface area contributed by atoms with E-state index in [2.05, 4.69) is 26.1 Å². The Morgan fingerprint density at radius 2 is 1.94 bits per heavy atom. The molecule has 1 aromatic carbocycles. The summed E-state index contributed by atoms with van der Waals surface area (Å²) in [4.78, 5) is 13.0. The van der Waals surface area contributed by atoms with Crippen LogP contribution in [0.2, 0.25) is 0 Å². The first kappa shape index (κ1) is 15.4.